The monoisotopic (exact) mass is 714 g/mol. The molecule has 4 aromatic rings. The van der Waals surface area contributed by atoms with Crippen molar-refractivity contribution >= 4 is 63.9 Å². The van der Waals surface area contributed by atoms with Crippen LogP contribution in [0.3, 0.4) is 0 Å². The SMILES string of the molecule is NS(=O)(=O)Nc1ncnc(OCCOc2ncnc(NS(N)(=O)=O)c2-c2ccc(Br)cc2)c1-c1ccc(Br)cc1. The Hall–Kier alpha value is -3.42. The molecule has 0 radical (unpaired) electrons. The van der Waals surface area contributed by atoms with E-state index in [1.807, 2.05) is 0 Å². The molecule has 18 heteroatoms. The molecule has 40 heavy (non-hydrogen) atoms. The Balaban J connectivity index is 1.60. The molecule has 0 saturated carbocycles. The molecular weight excluding hydrogens is 696 g/mol. The second-order valence-corrected chi connectivity index (χ2v) is 12.2. The lowest BCUT2D eigenvalue weighted by molar-refractivity contribution is 0.208. The normalized spacial score (nSPS) is 11.6. The molecule has 2 aromatic heterocycles. The zero-order valence-electron chi connectivity index (χ0n) is 20.2. The van der Waals surface area contributed by atoms with Gasteiger partial charge in [0.15, 0.2) is 11.6 Å². The number of halogens is 2. The lowest BCUT2D eigenvalue weighted by atomic mass is 10.1. The summed E-state index contributed by atoms with van der Waals surface area (Å²) in [5.74, 6) is -0.0514. The van der Waals surface area contributed by atoms with E-state index in [0.29, 0.717) is 11.1 Å². The van der Waals surface area contributed by atoms with E-state index in [4.69, 9.17) is 19.8 Å². The highest BCUT2D eigenvalue weighted by Crippen LogP contribution is 2.36. The predicted octanol–water partition coefficient (Wildman–Crippen LogP) is 2.81. The molecule has 210 valence electrons. The number of nitrogens with two attached hydrogens (primary N) is 2. The largest absolute Gasteiger partial charge is 0.473 e. The molecule has 4 rings (SSSR count). The summed E-state index contributed by atoms with van der Waals surface area (Å²) in [5.41, 5.74) is 1.61. The molecular formula is C22H20Br2N8O6S2. The number of nitrogens with one attached hydrogen (secondary N) is 2. The maximum Gasteiger partial charge on any atom is 0.297 e. The summed E-state index contributed by atoms with van der Waals surface area (Å²) in [5, 5.41) is 10.3. The summed E-state index contributed by atoms with van der Waals surface area (Å²) in [7, 11) is -8.30. The molecule has 0 bridgehead atoms. The molecule has 0 spiro atoms. The van der Waals surface area contributed by atoms with Crippen LogP contribution in [0.1, 0.15) is 0 Å². The summed E-state index contributed by atoms with van der Waals surface area (Å²) in [6.45, 7) is -0.145. The van der Waals surface area contributed by atoms with E-state index in [1.54, 1.807) is 48.5 Å². The topological polar surface area (TPSA) is 214 Å². The van der Waals surface area contributed by atoms with E-state index < -0.39 is 20.4 Å². The molecule has 0 unspecified atom stereocenters. The third-order valence-electron chi connectivity index (χ3n) is 4.93. The van der Waals surface area contributed by atoms with Gasteiger partial charge in [0.1, 0.15) is 25.9 Å². The maximum atomic E-state index is 11.7. The van der Waals surface area contributed by atoms with Gasteiger partial charge >= 0.3 is 0 Å². The van der Waals surface area contributed by atoms with Crippen molar-refractivity contribution in [2.24, 2.45) is 10.3 Å². The molecule has 6 N–H and O–H groups in total. The van der Waals surface area contributed by atoms with Gasteiger partial charge in [-0.25, -0.2) is 30.2 Å². The highest BCUT2D eigenvalue weighted by Gasteiger charge is 2.20. The van der Waals surface area contributed by atoms with Crippen molar-refractivity contribution in [3.8, 4) is 34.0 Å². The predicted molar refractivity (Wildman–Crippen MR) is 155 cm³/mol. The van der Waals surface area contributed by atoms with Crippen molar-refractivity contribution in [1.29, 1.82) is 0 Å². The number of ether oxygens (including phenoxy) is 2. The van der Waals surface area contributed by atoms with Crippen LogP contribution in [-0.4, -0.2) is 50.0 Å². The first kappa shape index (κ1) is 29.6. The number of benzene rings is 2. The lowest BCUT2D eigenvalue weighted by Gasteiger charge is -2.16. The summed E-state index contributed by atoms with van der Waals surface area (Å²) in [6.07, 6.45) is 2.24. The molecule has 0 aliphatic rings. The van der Waals surface area contributed by atoms with Crippen molar-refractivity contribution in [3.63, 3.8) is 0 Å². The number of nitrogens with zero attached hydrogens (tertiary/aromatic N) is 4. The van der Waals surface area contributed by atoms with Gasteiger partial charge in [-0.05, 0) is 35.4 Å². The lowest BCUT2D eigenvalue weighted by Crippen LogP contribution is -2.23. The van der Waals surface area contributed by atoms with E-state index in [0.717, 1.165) is 21.6 Å². The molecule has 2 aromatic carbocycles. The van der Waals surface area contributed by atoms with E-state index >= 15 is 0 Å². The fourth-order valence-electron chi connectivity index (χ4n) is 3.41. The van der Waals surface area contributed by atoms with Crippen LogP contribution >= 0.6 is 31.9 Å². The van der Waals surface area contributed by atoms with Crippen LogP contribution in [0.2, 0.25) is 0 Å². The summed E-state index contributed by atoms with van der Waals surface area (Å²) < 4.78 is 64.5. The summed E-state index contributed by atoms with van der Waals surface area (Å²) in [6, 6.07) is 13.9. The molecule has 0 saturated heterocycles. The number of rotatable bonds is 11. The molecule has 0 amide bonds. The Morgan fingerprint density at radius 1 is 0.625 bits per heavy atom. The van der Waals surface area contributed by atoms with Gasteiger partial charge in [0, 0.05) is 8.95 Å². The fourth-order valence-corrected chi connectivity index (χ4v) is 4.79. The van der Waals surface area contributed by atoms with Crippen molar-refractivity contribution in [2.45, 2.75) is 0 Å². The Labute approximate surface area is 246 Å². The van der Waals surface area contributed by atoms with E-state index in [2.05, 4.69) is 61.2 Å². The number of anilines is 2. The third-order valence-corrected chi connectivity index (χ3v) is 6.94. The Morgan fingerprint density at radius 2 is 0.975 bits per heavy atom. The van der Waals surface area contributed by atoms with Crippen LogP contribution in [0.15, 0.2) is 70.1 Å². The quantitative estimate of drug-likeness (QED) is 0.167. The van der Waals surface area contributed by atoms with E-state index in [-0.39, 0.29) is 47.7 Å². The number of hydrogen-bond acceptors (Lipinski definition) is 10. The average Bonchev–Trinajstić information content (AvgIpc) is 2.86. The summed E-state index contributed by atoms with van der Waals surface area (Å²) >= 11 is 6.71. The van der Waals surface area contributed by atoms with Crippen LogP contribution in [0, 0.1) is 0 Å². The van der Waals surface area contributed by atoms with Crippen molar-refractivity contribution in [3.05, 3.63) is 70.1 Å². The highest BCUT2D eigenvalue weighted by atomic mass is 79.9. The zero-order chi connectivity index (χ0) is 28.9. The van der Waals surface area contributed by atoms with Crippen LogP contribution in [0.25, 0.3) is 22.3 Å². The number of aromatic nitrogens is 4. The first-order valence-corrected chi connectivity index (χ1v) is 15.7. The minimum Gasteiger partial charge on any atom is -0.473 e. The van der Waals surface area contributed by atoms with Gasteiger partial charge in [0.25, 0.3) is 20.4 Å². The van der Waals surface area contributed by atoms with Crippen molar-refractivity contribution < 1.29 is 26.3 Å². The van der Waals surface area contributed by atoms with Gasteiger partial charge in [-0.15, -0.1) is 0 Å². The second-order valence-electron chi connectivity index (χ2n) is 7.81. The van der Waals surface area contributed by atoms with Crippen LogP contribution in [-0.2, 0) is 20.4 Å². The van der Waals surface area contributed by atoms with Gasteiger partial charge in [0.05, 0.1) is 11.1 Å². The Morgan fingerprint density at radius 3 is 1.30 bits per heavy atom. The highest BCUT2D eigenvalue weighted by molar-refractivity contribution is 9.10. The van der Waals surface area contributed by atoms with Crippen LogP contribution in [0.4, 0.5) is 11.6 Å². The van der Waals surface area contributed by atoms with Gasteiger partial charge in [0.2, 0.25) is 11.8 Å². The first-order chi connectivity index (χ1) is 18.9. The number of hydrogen-bond donors (Lipinski definition) is 4. The standard InChI is InChI=1S/C22H20Br2N8O6S2/c23-15-5-1-13(2-6-15)17-19(31-39(25,33)34)27-11-29-21(17)37-9-10-38-22-18(14-3-7-16(24)8-4-14)20(28-12-30-22)32-40(26,35)36/h1-8,11-12H,9-10H2,(H2,25,33,34)(H2,26,35,36)(H,27,29,31)(H,28,30,32). The molecule has 0 aliphatic carbocycles. The van der Waals surface area contributed by atoms with Gasteiger partial charge in [-0.1, -0.05) is 56.1 Å². The van der Waals surface area contributed by atoms with Crippen molar-refractivity contribution in [1.82, 2.24) is 19.9 Å². The minimum atomic E-state index is -4.15. The Bertz CT molecular complexity index is 1600. The smallest absolute Gasteiger partial charge is 0.297 e. The Kier molecular flexibility index (Phi) is 9.16. The van der Waals surface area contributed by atoms with E-state index in [9.17, 15) is 16.8 Å². The minimum absolute atomic E-state index is 0.0551. The third kappa shape index (κ3) is 8.05. The zero-order valence-corrected chi connectivity index (χ0v) is 25.0. The average molecular weight is 716 g/mol. The first-order valence-electron chi connectivity index (χ1n) is 11.0. The maximum absolute atomic E-state index is 11.7. The molecule has 0 atom stereocenters. The van der Waals surface area contributed by atoms with Gasteiger partial charge in [-0.3, -0.25) is 9.44 Å². The van der Waals surface area contributed by atoms with Gasteiger partial charge in [-0.2, -0.15) is 16.8 Å². The van der Waals surface area contributed by atoms with Crippen LogP contribution in [0.5, 0.6) is 11.8 Å². The summed E-state index contributed by atoms with van der Waals surface area (Å²) in [4.78, 5) is 16.3. The second kappa shape index (κ2) is 12.4. The van der Waals surface area contributed by atoms with Crippen LogP contribution < -0.4 is 29.2 Å². The molecule has 0 fully saturated rings. The van der Waals surface area contributed by atoms with Crippen molar-refractivity contribution in [2.75, 3.05) is 22.7 Å². The van der Waals surface area contributed by atoms with Gasteiger partial charge < -0.3 is 9.47 Å². The fraction of sp³-hybridized carbons (Fsp3) is 0.0909. The molecule has 0 aliphatic heterocycles. The van der Waals surface area contributed by atoms with E-state index in [1.165, 1.54) is 0 Å². The molecule has 2 heterocycles. The molecule has 14 nitrogen and oxygen atoms in total.